The van der Waals surface area contributed by atoms with Gasteiger partial charge in [-0.25, -0.2) is 0 Å². The SMILES string of the molecule is Cc1ccc(O)cc1.Cc1ccc(O)cc1.[Cl-].[Cr]. The van der Waals surface area contributed by atoms with Crippen molar-refractivity contribution < 1.29 is 40.0 Å². The Bertz CT molecular complexity index is 341. The van der Waals surface area contributed by atoms with Gasteiger partial charge in [0.05, 0.1) is 0 Å². The fourth-order valence-corrected chi connectivity index (χ4v) is 1.09. The van der Waals surface area contributed by atoms with Gasteiger partial charge in [-0.2, -0.15) is 0 Å². The van der Waals surface area contributed by atoms with Crippen molar-refractivity contribution in [2.24, 2.45) is 0 Å². The number of benzene rings is 2. The van der Waals surface area contributed by atoms with Crippen LogP contribution in [0.2, 0.25) is 0 Å². The fourth-order valence-electron chi connectivity index (χ4n) is 1.09. The van der Waals surface area contributed by atoms with Crippen molar-refractivity contribution in [2.75, 3.05) is 0 Å². The Morgan fingerprint density at radius 3 is 1.00 bits per heavy atom. The number of phenols is 2. The molecule has 2 nitrogen and oxygen atoms in total. The molecule has 2 aromatic carbocycles. The van der Waals surface area contributed by atoms with Gasteiger partial charge in [-0.15, -0.1) is 0 Å². The van der Waals surface area contributed by atoms with Gasteiger partial charge in [-0.05, 0) is 38.1 Å². The molecule has 2 N–H and O–H groups in total. The molecule has 0 saturated carbocycles. The number of aromatic hydroxyl groups is 2. The molecule has 0 aromatic heterocycles. The number of halogens is 1. The van der Waals surface area contributed by atoms with E-state index >= 15 is 0 Å². The summed E-state index contributed by atoms with van der Waals surface area (Å²) in [5.74, 6) is 0.659. The first-order valence-corrected chi connectivity index (χ1v) is 5.09. The summed E-state index contributed by atoms with van der Waals surface area (Å²) in [6.07, 6.45) is 0. The summed E-state index contributed by atoms with van der Waals surface area (Å²) in [6, 6.07) is 14.2. The van der Waals surface area contributed by atoms with E-state index in [1.165, 1.54) is 11.1 Å². The van der Waals surface area contributed by atoms with Crippen LogP contribution >= 0.6 is 0 Å². The van der Waals surface area contributed by atoms with Crippen LogP contribution in [0.4, 0.5) is 0 Å². The summed E-state index contributed by atoms with van der Waals surface area (Å²) in [7, 11) is 0. The molecule has 0 bridgehead atoms. The van der Waals surface area contributed by atoms with Gasteiger partial charge in [0.1, 0.15) is 11.5 Å². The number of phenolic OH excluding ortho intramolecular Hbond substituents is 2. The Morgan fingerprint density at radius 2 is 0.833 bits per heavy atom. The molecule has 0 aliphatic carbocycles. The van der Waals surface area contributed by atoms with Crippen LogP contribution in [-0.4, -0.2) is 10.2 Å². The van der Waals surface area contributed by atoms with E-state index in [1.54, 1.807) is 24.3 Å². The van der Waals surface area contributed by atoms with Crippen molar-refractivity contribution in [3.63, 3.8) is 0 Å². The third kappa shape index (κ3) is 8.03. The first-order valence-electron chi connectivity index (χ1n) is 5.09. The maximum atomic E-state index is 8.76. The molecule has 0 saturated heterocycles. The molecule has 2 rings (SSSR count). The van der Waals surface area contributed by atoms with Crippen molar-refractivity contribution in [3.8, 4) is 11.5 Å². The maximum Gasteiger partial charge on any atom is 0.115 e. The molecule has 0 radical (unpaired) electrons. The number of hydrogen-bond donors (Lipinski definition) is 2. The van der Waals surface area contributed by atoms with Crippen molar-refractivity contribution in [1.29, 1.82) is 0 Å². The Morgan fingerprint density at radius 1 is 0.611 bits per heavy atom. The quantitative estimate of drug-likeness (QED) is 0.740. The predicted octanol–water partition coefficient (Wildman–Crippen LogP) is 0.403. The molecule has 0 unspecified atom stereocenters. The van der Waals surface area contributed by atoms with E-state index in [0.717, 1.165) is 0 Å². The Labute approximate surface area is 125 Å². The molecular formula is C14H16ClCrO2-. The van der Waals surface area contributed by atoms with E-state index in [1.807, 2.05) is 38.1 Å². The van der Waals surface area contributed by atoms with E-state index in [0.29, 0.717) is 11.5 Å². The molecular weight excluding hydrogens is 288 g/mol. The molecule has 4 heteroatoms. The minimum atomic E-state index is 0. The first kappa shape index (κ1) is 19.2. The summed E-state index contributed by atoms with van der Waals surface area (Å²) in [5, 5.41) is 17.5. The summed E-state index contributed by atoms with van der Waals surface area (Å²) in [6.45, 7) is 3.97. The van der Waals surface area contributed by atoms with Crippen LogP contribution in [0.5, 0.6) is 11.5 Å². The summed E-state index contributed by atoms with van der Waals surface area (Å²) < 4.78 is 0. The van der Waals surface area contributed by atoms with Gasteiger partial charge in [-0.1, -0.05) is 35.4 Å². The molecule has 0 aliphatic heterocycles. The smallest absolute Gasteiger partial charge is 0.115 e. The fraction of sp³-hybridized carbons (Fsp3) is 0.143. The van der Waals surface area contributed by atoms with Crippen LogP contribution in [0.25, 0.3) is 0 Å². The molecule has 0 heterocycles. The number of rotatable bonds is 0. The topological polar surface area (TPSA) is 40.5 Å². The molecule has 0 fully saturated rings. The molecule has 0 spiro atoms. The average Bonchev–Trinajstić information content (AvgIpc) is 2.28. The van der Waals surface area contributed by atoms with Gasteiger partial charge in [0.2, 0.25) is 0 Å². The normalized spacial score (nSPS) is 8.11. The zero-order valence-corrected chi connectivity index (χ0v) is 12.3. The zero-order chi connectivity index (χ0) is 12.0. The van der Waals surface area contributed by atoms with E-state index in [-0.39, 0.29) is 29.8 Å². The minimum absolute atomic E-state index is 0. The van der Waals surface area contributed by atoms with Gasteiger partial charge in [0, 0.05) is 17.4 Å². The van der Waals surface area contributed by atoms with Gasteiger partial charge < -0.3 is 22.6 Å². The van der Waals surface area contributed by atoms with Crippen molar-refractivity contribution in [2.45, 2.75) is 13.8 Å². The largest absolute Gasteiger partial charge is 1.00 e. The Hall–Kier alpha value is -1.14. The Kier molecular flexibility index (Phi) is 10.5. The van der Waals surface area contributed by atoms with Gasteiger partial charge >= 0.3 is 0 Å². The molecule has 18 heavy (non-hydrogen) atoms. The van der Waals surface area contributed by atoms with Crippen LogP contribution in [0.15, 0.2) is 48.5 Å². The average molecular weight is 304 g/mol. The van der Waals surface area contributed by atoms with Crippen LogP contribution in [0.3, 0.4) is 0 Å². The monoisotopic (exact) mass is 303 g/mol. The maximum absolute atomic E-state index is 8.76. The van der Waals surface area contributed by atoms with Crippen LogP contribution in [0.1, 0.15) is 11.1 Å². The first-order chi connectivity index (χ1) is 7.58. The minimum Gasteiger partial charge on any atom is -1.00 e. The number of aryl methyl sites for hydroxylation is 2. The zero-order valence-electron chi connectivity index (χ0n) is 10.3. The van der Waals surface area contributed by atoms with E-state index in [2.05, 4.69) is 0 Å². The third-order valence-electron chi connectivity index (χ3n) is 2.07. The standard InChI is InChI=1S/2C7H8O.ClH.Cr/c2*1-6-2-4-7(8)5-3-6;;/h2*2-5,8H,1H3;1H;/p-1. The number of hydrogen-bond acceptors (Lipinski definition) is 2. The summed E-state index contributed by atoms with van der Waals surface area (Å²) >= 11 is 0. The molecule has 0 amide bonds. The van der Waals surface area contributed by atoms with Gasteiger partial charge in [-0.3, -0.25) is 0 Å². The second-order valence-corrected chi connectivity index (χ2v) is 3.67. The van der Waals surface area contributed by atoms with Crippen LogP contribution < -0.4 is 12.4 Å². The molecule has 2 aromatic rings. The second-order valence-electron chi connectivity index (χ2n) is 3.67. The van der Waals surface area contributed by atoms with E-state index < -0.39 is 0 Å². The van der Waals surface area contributed by atoms with Crippen LogP contribution in [-0.2, 0) is 17.4 Å². The third-order valence-corrected chi connectivity index (χ3v) is 2.07. The Balaban J connectivity index is 0. The van der Waals surface area contributed by atoms with E-state index in [9.17, 15) is 0 Å². The van der Waals surface area contributed by atoms with Crippen LogP contribution in [0, 0.1) is 13.8 Å². The van der Waals surface area contributed by atoms with Crippen molar-refractivity contribution in [1.82, 2.24) is 0 Å². The molecule has 0 atom stereocenters. The predicted molar refractivity (Wildman–Crippen MR) is 65.7 cm³/mol. The van der Waals surface area contributed by atoms with Gasteiger partial charge in [0.15, 0.2) is 0 Å². The molecule has 0 aliphatic rings. The van der Waals surface area contributed by atoms with Gasteiger partial charge in [0.25, 0.3) is 0 Å². The summed E-state index contributed by atoms with van der Waals surface area (Å²) in [5.41, 5.74) is 2.34. The summed E-state index contributed by atoms with van der Waals surface area (Å²) in [4.78, 5) is 0. The van der Waals surface area contributed by atoms with Crippen molar-refractivity contribution in [3.05, 3.63) is 59.7 Å². The molecule has 98 valence electrons. The van der Waals surface area contributed by atoms with Crippen molar-refractivity contribution >= 4 is 0 Å². The van der Waals surface area contributed by atoms with E-state index in [4.69, 9.17) is 10.2 Å². The second kappa shape index (κ2) is 9.85.